The summed E-state index contributed by atoms with van der Waals surface area (Å²) in [5.74, 6) is -1.51. The standard InChI is InChI=1S/C14H12ClN3O3/c15-10-3-1-9(7-16)12(6-10)18-14(21)17-11-4-2-8(5-11)13(19)20/h1-4,6,8,11H,5H2,(H,19,20)(H2,17,18,21). The third kappa shape index (κ3) is 3.74. The molecule has 2 atom stereocenters. The number of benzene rings is 1. The van der Waals surface area contributed by atoms with Gasteiger partial charge in [-0.25, -0.2) is 4.79 Å². The Bertz CT molecular complexity index is 651. The molecular formula is C14H12ClN3O3. The molecule has 2 unspecified atom stereocenters. The van der Waals surface area contributed by atoms with Crippen LogP contribution in [0.3, 0.4) is 0 Å². The zero-order chi connectivity index (χ0) is 15.4. The van der Waals surface area contributed by atoms with E-state index in [0.29, 0.717) is 22.7 Å². The Morgan fingerprint density at radius 2 is 2.14 bits per heavy atom. The van der Waals surface area contributed by atoms with Gasteiger partial charge < -0.3 is 15.7 Å². The van der Waals surface area contributed by atoms with E-state index in [1.54, 1.807) is 18.2 Å². The summed E-state index contributed by atoms with van der Waals surface area (Å²) in [5.41, 5.74) is 0.596. The molecule has 0 aromatic heterocycles. The van der Waals surface area contributed by atoms with Gasteiger partial charge in [0.15, 0.2) is 0 Å². The van der Waals surface area contributed by atoms with Crippen LogP contribution in [0.1, 0.15) is 12.0 Å². The molecule has 1 aliphatic carbocycles. The van der Waals surface area contributed by atoms with E-state index in [-0.39, 0.29) is 6.04 Å². The first-order valence-electron chi connectivity index (χ1n) is 6.18. The lowest BCUT2D eigenvalue weighted by Gasteiger charge is -2.14. The highest BCUT2D eigenvalue weighted by atomic mass is 35.5. The highest BCUT2D eigenvalue weighted by Crippen LogP contribution is 2.21. The number of carboxylic acid groups (broad SMARTS) is 1. The summed E-state index contributed by atoms with van der Waals surface area (Å²) in [6.45, 7) is 0. The summed E-state index contributed by atoms with van der Waals surface area (Å²) in [5, 5.41) is 23.4. The number of carbonyl (C=O) groups excluding carboxylic acids is 1. The van der Waals surface area contributed by atoms with Crippen LogP contribution in [-0.2, 0) is 4.79 Å². The second-order valence-corrected chi connectivity index (χ2v) is 5.01. The van der Waals surface area contributed by atoms with Crippen molar-refractivity contribution >= 4 is 29.3 Å². The molecule has 0 spiro atoms. The lowest BCUT2D eigenvalue weighted by atomic mass is 10.1. The second kappa shape index (κ2) is 6.29. The normalized spacial score (nSPS) is 19.8. The molecule has 0 aliphatic heterocycles. The van der Waals surface area contributed by atoms with Crippen molar-refractivity contribution in [3.8, 4) is 6.07 Å². The lowest BCUT2D eigenvalue weighted by molar-refractivity contribution is -0.140. The van der Waals surface area contributed by atoms with Crippen LogP contribution in [-0.4, -0.2) is 23.1 Å². The number of halogens is 1. The van der Waals surface area contributed by atoms with Crippen molar-refractivity contribution in [1.29, 1.82) is 5.26 Å². The Kier molecular flexibility index (Phi) is 4.45. The van der Waals surface area contributed by atoms with Gasteiger partial charge in [-0.3, -0.25) is 4.79 Å². The van der Waals surface area contributed by atoms with Gasteiger partial charge >= 0.3 is 12.0 Å². The Labute approximate surface area is 126 Å². The fourth-order valence-electron chi connectivity index (χ4n) is 2.03. The van der Waals surface area contributed by atoms with Crippen molar-refractivity contribution < 1.29 is 14.7 Å². The van der Waals surface area contributed by atoms with Gasteiger partial charge in [-0.1, -0.05) is 23.8 Å². The predicted molar refractivity (Wildman–Crippen MR) is 77.0 cm³/mol. The van der Waals surface area contributed by atoms with Gasteiger partial charge in [0, 0.05) is 5.02 Å². The van der Waals surface area contributed by atoms with E-state index < -0.39 is 17.9 Å². The maximum Gasteiger partial charge on any atom is 0.319 e. The molecule has 0 fully saturated rings. The molecule has 108 valence electrons. The second-order valence-electron chi connectivity index (χ2n) is 4.57. The van der Waals surface area contributed by atoms with Crippen molar-refractivity contribution in [2.45, 2.75) is 12.5 Å². The molecule has 2 rings (SSSR count). The highest BCUT2D eigenvalue weighted by Gasteiger charge is 2.25. The van der Waals surface area contributed by atoms with Gasteiger partial charge in [0.05, 0.1) is 23.2 Å². The average molecular weight is 306 g/mol. The summed E-state index contributed by atoms with van der Waals surface area (Å²) in [7, 11) is 0. The molecule has 2 amide bonds. The van der Waals surface area contributed by atoms with E-state index in [2.05, 4.69) is 10.6 Å². The van der Waals surface area contributed by atoms with Crippen molar-refractivity contribution in [3.05, 3.63) is 40.9 Å². The minimum absolute atomic E-state index is 0.292. The number of carbonyl (C=O) groups is 2. The van der Waals surface area contributed by atoms with Gasteiger partial charge in [-0.05, 0) is 24.6 Å². The van der Waals surface area contributed by atoms with Crippen molar-refractivity contribution in [1.82, 2.24) is 5.32 Å². The SMILES string of the molecule is N#Cc1ccc(Cl)cc1NC(=O)NC1C=CC(C(=O)O)C1. The Hall–Kier alpha value is -2.52. The molecule has 0 radical (unpaired) electrons. The topological polar surface area (TPSA) is 102 Å². The number of hydrogen-bond donors (Lipinski definition) is 3. The molecule has 0 saturated carbocycles. The lowest BCUT2D eigenvalue weighted by Crippen LogP contribution is -2.36. The molecule has 1 aromatic carbocycles. The van der Waals surface area contributed by atoms with Crippen molar-refractivity contribution in [2.24, 2.45) is 5.92 Å². The number of urea groups is 1. The quantitative estimate of drug-likeness (QED) is 0.746. The number of carboxylic acids is 1. The van der Waals surface area contributed by atoms with Crippen LogP contribution >= 0.6 is 11.6 Å². The van der Waals surface area contributed by atoms with Crippen LogP contribution < -0.4 is 10.6 Å². The van der Waals surface area contributed by atoms with E-state index in [1.165, 1.54) is 12.1 Å². The smallest absolute Gasteiger partial charge is 0.319 e. The first kappa shape index (κ1) is 14.9. The molecule has 0 bridgehead atoms. The Balaban J connectivity index is 1.98. The van der Waals surface area contributed by atoms with E-state index in [1.807, 2.05) is 6.07 Å². The first-order valence-corrected chi connectivity index (χ1v) is 6.55. The number of aliphatic carboxylic acids is 1. The number of amides is 2. The minimum Gasteiger partial charge on any atom is -0.481 e. The maximum absolute atomic E-state index is 11.9. The maximum atomic E-state index is 11.9. The van der Waals surface area contributed by atoms with E-state index in [9.17, 15) is 9.59 Å². The zero-order valence-corrected chi connectivity index (χ0v) is 11.6. The summed E-state index contributed by atoms with van der Waals surface area (Å²) < 4.78 is 0. The number of nitrogens with one attached hydrogen (secondary N) is 2. The highest BCUT2D eigenvalue weighted by molar-refractivity contribution is 6.31. The monoisotopic (exact) mass is 305 g/mol. The number of nitrogens with zero attached hydrogens (tertiary/aromatic N) is 1. The van der Waals surface area contributed by atoms with Gasteiger partial charge in [0.1, 0.15) is 6.07 Å². The number of rotatable bonds is 3. The predicted octanol–water partition coefficient (Wildman–Crippen LogP) is 2.36. The molecule has 3 N–H and O–H groups in total. The van der Waals surface area contributed by atoms with Crippen molar-refractivity contribution in [2.75, 3.05) is 5.32 Å². The van der Waals surface area contributed by atoms with Crippen LogP contribution in [0.4, 0.5) is 10.5 Å². The average Bonchev–Trinajstić information content (AvgIpc) is 2.87. The molecule has 1 aliphatic rings. The third-order valence-electron chi connectivity index (χ3n) is 3.07. The van der Waals surface area contributed by atoms with Gasteiger partial charge in [0.2, 0.25) is 0 Å². The van der Waals surface area contributed by atoms with Crippen LogP contribution in [0.25, 0.3) is 0 Å². The van der Waals surface area contributed by atoms with Crippen LogP contribution in [0.2, 0.25) is 5.02 Å². The third-order valence-corrected chi connectivity index (χ3v) is 3.30. The molecular weight excluding hydrogens is 294 g/mol. The molecule has 21 heavy (non-hydrogen) atoms. The molecule has 7 heteroatoms. The van der Waals surface area contributed by atoms with Crippen molar-refractivity contribution in [3.63, 3.8) is 0 Å². The summed E-state index contributed by atoms with van der Waals surface area (Å²) in [6, 6.07) is 5.62. The van der Waals surface area contributed by atoms with Crippen LogP contribution in [0.15, 0.2) is 30.4 Å². The van der Waals surface area contributed by atoms with E-state index >= 15 is 0 Å². The number of hydrogen-bond acceptors (Lipinski definition) is 3. The fourth-order valence-corrected chi connectivity index (χ4v) is 2.21. The first-order chi connectivity index (χ1) is 9.99. The largest absolute Gasteiger partial charge is 0.481 e. The van der Waals surface area contributed by atoms with E-state index in [4.69, 9.17) is 22.0 Å². The van der Waals surface area contributed by atoms with Crippen LogP contribution in [0, 0.1) is 17.2 Å². The Morgan fingerprint density at radius 3 is 2.76 bits per heavy atom. The summed E-state index contributed by atoms with van der Waals surface area (Å²) in [6.07, 6.45) is 3.50. The van der Waals surface area contributed by atoms with Crippen LogP contribution in [0.5, 0.6) is 0 Å². The number of nitriles is 1. The van der Waals surface area contributed by atoms with Gasteiger partial charge in [-0.2, -0.15) is 5.26 Å². The Morgan fingerprint density at radius 1 is 1.38 bits per heavy atom. The molecule has 0 saturated heterocycles. The fraction of sp³-hybridized carbons (Fsp3) is 0.214. The molecule has 1 aromatic rings. The molecule has 0 heterocycles. The van der Waals surface area contributed by atoms with E-state index in [0.717, 1.165) is 0 Å². The van der Waals surface area contributed by atoms with Gasteiger partial charge in [0.25, 0.3) is 0 Å². The summed E-state index contributed by atoms with van der Waals surface area (Å²) in [4.78, 5) is 22.7. The van der Waals surface area contributed by atoms with Gasteiger partial charge in [-0.15, -0.1) is 0 Å². The number of anilines is 1. The zero-order valence-electron chi connectivity index (χ0n) is 10.8. The minimum atomic E-state index is -0.919. The summed E-state index contributed by atoms with van der Waals surface area (Å²) >= 11 is 5.82. The molecule has 6 nitrogen and oxygen atoms in total.